The first-order valence-corrected chi connectivity index (χ1v) is 6.52. The van der Waals surface area contributed by atoms with Gasteiger partial charge in [0.25, 0.3) is 0 Å². The summed E-state index contributed by atoms with van der Waals surface area (Å²) in [5.74, 6) is 3.53. The van der Waals surface area contributed by atoms with E-state index >= 15 is 0 Å². The summed E-state index contributed by atoms with van der Waals surface area (Å²) in [6.45, 7) is 2.89. The van der Waals surface area contributed by atoms with Crippen LogP contribution in [0, 0.1) is 0 Å². The van der Waals surface area contributed by atoms with Gasteiger partial charge in [0.1, 0.15) is 0 Å². The first-order chi connectivity index (χ1) is 5.84. The molecule has 1 heterocycles. The third kappa shape index (κ3) is 3.27. The molecule has 1 N–H and O–H groups in total. The quantitative estimate of drug-likeness (QED) is 0.754. The molecule has 1 unspecified atom stereocenters. The molecule has 1 fully saturated rings. The molecule has 4 heteroatoms. The van der Waals surface area contributed by atoms with Crippen molar-refractivity contribution in [3.05, 3.63) is 0 Å². The van der Waals surface area contributed by atoms with Gasteiger partial charge in [0.05, 0.1) is 5.25 Å². The van der Waals surface area contributed by atoms with Crippen LogP contribution in [0.15, 0.2) is 0 Å². The predicted molar refractivity (Wildman–Crippen MR) is 56.9 cm³/mol. The molecule has 0 aliphatic carbocycles. The fourth-order valence-corrected chi connectivity index (χ4v) is 3.58. The van der Waals surface area contributed by atoms with Gasteiger partial charge in [-0.3, -0.25) is 4.79 Å². The summed E-state index contributed by atoms with van der Waals surface area (Å²) >= 11 is 3.67. The molecule has 0 saturated carbocycles. The first-order valence-electron chi connectivity index (χ1n) is 4.31. The van der Waals surface area contributed by atoms with E-state index in [1.165, 1.54) is 5.75 Å². The molecule has 70 valence electrons. The lowest BCUT2D eigenvalue weighted by atomic mass is 10.4. The highest BCUT2D eigenvalue weighted by molar-refractivity contribution is 8.07. The normalized spacial score (nSPS) is 23.6. The minimum atomic E-state index is 0.204. The molecule has 0 aromatic rings. The molecule has 1 saturated heterocycles. The molecule has 1 atom stereocenters. The van der Waals surface area contributed by atoms with Crippen LogP contribution in [-0.2, 0) is 4.79 Å². The number of amides is 1. The van der Waals surface area contributed by atoms with Gasteiger partial charge in [-0.15, -0.1) is 11.8 Å². The average molecular weight is 205 g/mol. The van der Waals surface area contributed by atoms with E-state index in [4.69, 9.17) is 0 Å². The van der Waals surface area contributed by atoms with Crippen molar-refractivity contribution in [1.82, 2.24) is 5.32 Å². The number of carbonyl (C=O) groups excluding carboxylic acids is 1. The molecule has 1 aliphatic rings. The van der Waals surface area contributed by atoms with Crippen LogP contribution in [0.1, 0.15) is 13.3 Å². The summed E-state index contributed by atoms with van der Waals surface area (Å²) < 4.78 is 0. The Morgan fingerprint density at radius 3 is 3.00 bits per heavy atom. The number of rotatable bonds is 3. The number of hydrogen-bond donors (Lipinski definition) is 1. The Bertz CT molecular complexity index is 146. The summed E-state index contributed by atoms with van der Waals surface area (Å²) in [7, 11) is 0. The molecule has 1 aliphatic heterocycles. The Morgan fingerprint density at radius 2 is 2.42 bits per heavy atom. The van der Waals surface area contributed by atoms with Crippen LogP contribution in [0.4, 0.5) is 0 Å². The topological polar surface area (TPSA) is 29.1 Å². The third-order valence-corrected chi connectivity index (χ3v) is 4.41. The van der Waals surface area contributed by atoms with Crippen LogP contribution in [0.5, 0.6) is 0 Å². The van der Waals surface area contributed by atoms with Gasteiger partial charge in [-0.25, -0.2) is 0 Å². The standard InChI is InChI=1S/C8H15NOS2/c1-2-3-9-8(10)7-6-11-4-5-12-7/h7H,2-6H2,1H3,(H,9,10). The summed E-state index contributed by atoms with van der Waals surface area (Å²) in [5, 5.41) is 3.13. The predicted octanol–water partition coefficient (Wildman–Crippen LogP) is 1.36. The van der Waals surface area contributed by atoms with Gasteiger partial charge in [0.2, 0.25) is 5.91 Å². The fraction of sp³-hybridized carbons (Fsp3) is 0.875. The van der Waals surface area contributed by atoms with Crippen molar-refractivity contribution in [3.63, 3.8) is 0 Å². The Kier molecular flexibility index (Phi) is 4.92. The molecule has 0 spiro atoms. The monoisotopic (exact) mass is 205 g/mol. The van der Waals surface area contributed by atoms with Crippen LogP contribution in [0.2, 0.25) is 0 Å². The highest BCUT2D eigenvalue weighted by Gasteiger charge is 2.21. The van der Waals surface area contributed by atoms with Gasteiger partial charge in [-0.1, -0.05) is 6.92 Å². The second-order valence-corrected chi connectivity index (χ2v) is 5.19. The van der Waals surface area contributed by atoms with E-state index in [1.807, 2.05) is 11.8 Å². The highest BCUT2D eigenvalue weighted by atomic mass is 32.2. The number of nitrogens with one attached hydrogen (secondary N) is 1. The van der Waals surface area contributed by atoms with Crippen LogP contribution < -0.4 is 5.32 Å². The smallest absolute Gasteiger partial charge is 0.233 e. The van der Waals surface area contributed by atoms with E-state index in [9.17, 15) is 4.79 Å². The molecule has 1 rings (SSSR count). The maximum Gasteiger partial charge on any atom is 0.233 e. The minimum absolute atomic E-state index is 0.204. The van der Waals surface area contributed by atoms with E-state index in [1.54, 1.807) is 11.8 Å². The lowest BCUT2D eigenvalue weighted by Gasteiger charge is -2.19. The summed E-state index contributed by atoms with van der Waals surface area (Å²) in [4.78, 5) is 11.4. The van der Waals surface area contributed by atoms with E-state index in [0.29, 0.717) is 0 Å². The zero-order valence-electron chi connectivity index (χ0n) is 7.34. The van der Waals surface area contributed by atoms with Gasteiger partial charge >= 0.3 is 0 Å². The van der Waals surface area contributed by atoms with E-state index < -0.39 is 0 Å². The van der Waals surface area contributed by atoms with Crippen molar-refractivity contribution in [1.29, 1.82) is 0 Å². The van der Waals surface area contributed by atoms with Crippen molar-refractivity contribution in [3.8, 4) is 0 Å². The van der Waals surface area contributed by atoms with E-state index in [0.717, 1.165) is 24.5 Å². The van der Waals surface area contributed by atoms with E-state index in [-0.39, 0.29) is 11.2 Å². The molecule has 1 amide bonds. The SMILES string of the molecule is CCCNC(=O)C1CSCCS1. The first kappa shape index (κ1) is 10.3. The summed E-state index contributed by atoms with van der Waals surface area (Å²) in [6, 6.07) is 0. The maximum absolute atomic E-state index is 11.4. The van der Waals surface area contributed by atoms with Crippen molar-refractivity contribution >= 4 is 29.4 Å². The Morgan fingerprint density at radius 1 is 1.58 bits per heavy atom. The molecule has 12 heavy (non-hydrogen) atoms. The van der Waals surface area contributed by atoms with Crippen molar-refractivity contribution < 1.29 is 4.79 Å². The largest absolute Gasteiger partial charge is 0.355 e. The maximum atomic E-state index is 11.4. The van der Waals surface area contributed by atoms with Gasteiger partial charge < -0.3 is 5.32 Å². The molecule has 0 bridgehead atoms. The molecule has 2 nitrogen and oxygen atoms in total. The Balaban J connectivity index is 2.20. The zero-order valence-corrected chi connectivity index (χ0v) is 8.97. The lowest BCUT2D eigenvalue weighted by Crippen LogP contribution is -2.36. The van der Waals surface area contributed by atoms with Crippen LogP contribution >= 0.6 is 23.5 Å². The lowest BCUT2D eigenvalue weighted by molar-refractivity contribution is -0.120. The van der Waals surface area contributed by atoms with Crippen molar-refractivity contribution in [2.45, 2.75) is 18.6 Å². The fourth-order valence-electron chi connectivity index (χ4n) is 1.00. The van der Waals surface area contributed by atoms with E-state index in [2.05, 4.69) is 12.2 Å². The van der Waals surface area contributed by atoms with Crippen LogP contribution in [0.3, 0.4) is 0 Å². The number of carbonyl (C=O) groups is 1. The zero-order chi connectivity index (χ0) is 8.81. The van der Waals surface area contributed by atoms with Gasteiger partial charge in [-0.2, -0.15) is 11.8 Å². The van der Waals surface area contributed by atoms with Gasteiger partial charge in [-0.05, 0) is 6.42 Å². The molecule has 0 aromatic carbocycles. The Hall–Kier alpha value is 0.170. The minimum Gasteiger partial charge on any atom is -0.355 e. The molecule has 0 radical (unpaired) electrons. The number of hydrogen-bond acceptors (Lipinski definition) is 3. The second kappa shape index (κ2) is 5.75. The Labute approximate surface area is 82.2 Å². The average Bonchev–Trinajstić information content (AvgIpc) is 2.15. The molecular formula is C8H15NOS2. The third-order valence-electron chi connectivity index (χ3n) is 1.66. The van der Waals surface area contributed by atoms with Crippen LogP contribution in [-0.4, -0.2) is 35.0 Å². The van der Waals surface area contributed by atoms with Crippen molar-refractivity contribution in [2.75, 3.05) is 23.8 Å². The summed E-state index contributed by atoms with van der Waals surface area (Å²) in [5.41, 5.74) is 0. The highest BCUT2D eigenvalue weighted by Crippen LogP contribution is 2.23. The molecule has 0 aromatic heterocycles. The molecular weight excluding hydrogens is 190 g/mol. The van der Waals surface area contributed by atoms with Crippen molar-refractivity contribution in [2.24, 2.45) is 0 Å². The second-order valence-electron chi connectivity index (χ2n) is 2.73. The van der Waals surface area contributed by atoms with Gasteiger partial charge in [0.15, 0.2) is 0 Å². The summed E-state index contributed by atoms with van der Waals surface area (Å²) in [6.07, 6.45) is 1.02. The van der Waals surface area contributed by atoms with Crippen LogP contribution in [0.25, 0.3) is 0 Å². The number of thioether (sulfide) groups is 2. The van der Waals surface area contributed by atoms with Gasteiger partial charge in [0, 0.05) is 23.8 Å².